The van der Waals surface area contributed by atoms with Crippen molar-refractivity contribution in [3.63, 3.8) is 0 Å². The summed E-state index contributed by atoms with van der Waals surface area (Å²) in [6.45, 7) is 0.493. The zero-order valence-corrected chi connectivity index (χ0v) is 7.67. The van der Waals surface area contributed by atoms with Gasteiger partial charge in [0.25, 0.3) is 0 Å². The lowest BCUT2D eigenvalue weighted by atomic mass is 10.3. The first-order chi connectivity index (χ1) is 6.81. The highest BCUT2D eigenvalue weighted by atomic mass is 16.5. The molecule has 1 aliphatic heterocycles. The van der Waals surface area contributed by atoms with E-state index in [-0.39, 0.29) is 6.09 Å². The van der Waals surface area contributed by atoms with Gasteiger partial charge in [-0.3, -0.25) is 4.90 Å². The molecule has 72 valence electrons. The summed E-state index contributed by atoms with van der Waals surface area (Å²) >= 11 is 0. The van der Waals surface area contributed by atoms with Gasteiger partial charge in [-0.1, -0.05) is 6.08 Å². The number of methoxy groups -OCH3 is 1. The molecule has 0 bridgehead atoms. The van der Waals surface area contributed by atoms with Crippen LogP contribution in [0.4, 0.5) is 4.79 Å². The van der Waals surface area contributed by atoms with Crippen molar-refractivity contribution in [2.45, 2.75) is 0 Å². The maximum Gasteiger partial charge on any atom is 0.413 e. The first kappa shape index (κ1) is 8.68. The van der Waals surface area contributed by atoms with Crippen LogP contribution in [0.2, 0.25) is 0 Å². The first-order valence-corrected chi connectivity index (χ1v) is 4.14. The summed E-state index contributed by atoms with van der Waals surface area (Å²) < 4.78 is 4.60. The quantitative estimate of drug-likeness (QED) is 0.532. The minimum Gasteiger partial charge on any atom is -0.452 e. The topological polar surface area (TPSA) is 55.3 Å². The summed E-state index contributed by atoms with van der Waals surface area (Å²) in [5, 5.41) is 1.67. The summed E-state index contributed by atoms with van der Waals surface area (Å²) in [6.07, 6.45) is 6.32. The van der Waals surface area contributed by atoms with Crippen molar-refractivity contribution in [3.05, 3.63) is 23.1 Å². The molecular weight excluding hydrogens is 182 g/mol. The second-order valence-electron chi connectivity index (χ2n) is 2.82. The number of amides is 1. The van der Waals surface area contributed by atoms with E-state index in [0.717, 1.165) is 10.6 Å². The number of hydrogen-bond donors (Lipinski definition) is 0. The van der Waals surface area contributed by atoms with Gasteiger partial charge in [-0.25, -0.2) is 14.8 Å². The normalized spacial score (nSPS) is 13.6. The average Bonchev–Trinajstić information content (AvgIpc) is 2.27. The van der Waals surface area contributed by atoms with Crippen LogP contribution in [-0.2, 0) is 4.74 Å². The van der Waals surface area contributed by atoms with Crippen LogP contribution < -0.4 is 10.6 Å². The Morgan fingerprint density at radius 3 is 3.29 bits per heavy atom. The molecule has 1 amide bonds. The molecule has 1 aromatic rings. The van der Waals surface area contributed by atoms with Crippen molar-refractivity contribution in [3.8, 4) is 0 Å². The molecule has 0 N–H and O–H groups in total. The molecule has 0 spiro atoms. The lowest BCUT2D eigenvalue weighted by molar-refractivity contribution is 0.148. The molecule has 14 heavy (non-hydrogen) atoms. The van der Waals surface area contributed by atoms with E-state index in [9.17, 15) is 4.79 Å². The molecule has 0 atom stereocenters. The molecule has 1 aromatic heterocycles. The van der Waals surface area contributed by atoms with E-state index in [1.807, 2.05) is 6.08 Å². The van der Waals surface area contributed by atoms with Gasteiger partial charge in [0.2, 0.25) is 0 Å². The Labute approximate surface area is 80.3 Å². The number of nitrogens with zero attached hydrogens (tertiary/aromatic N) is 3. The van der Waals surface area contributed by atoms with Gasteiger partial charge < -0.3 is 4.74 Å². The minimum atomic E-state index is -0.384. The Hall–Kier alpha value is -1.91. The van der Waals surface area contributed by atoms with E-state index in [1.165, 1.54) is 18.3 Å². The van der Waals surface area contributed by atoms with Gasteiger partial charge in [-0.2, -0.15) is 0 Å². The molecule has 1 aliphatic rings. The van der Waals surface area contributed by atoms with Crippen molar-refractivity contribution in [2.24, 2.45) is 0 Å². The first-order valence-electron chi connectivity index (χ1n) is 4.14. The van der Waals surface area contributed by atoms with Gasteiger partial charge in [-0.05, 0) is 0 Å². The van der Waals surface area contributed by atoms with Crippen LogP contribution in [0.1, 0.15) is 0 Å². The van der Waals surface area contributed by atoms with Gasteiger partial charge in [-0.15, -0.1) is 0 Å². The van der Waals surface area contributed by atoms with E-state index in [4.69, 9.17) is 0 Å². The smallest absolute Gasteiger partial charge is 0.413 e. The predicted octanol–water partition coefficient (Wildman–Crippen LogP) is -0.923. The molecule has 0 saturated heterocycles. The van der Waals surface area contributed by atoms with E-state index < -0.39 is 0 Å². The van der Waals surface area contributed by atoms with Gasteiger partial charge in [0.1, 0.15) is 6.33 Å². The zero-order chi connectivity index (χ0) is 9.97. The summed E-state index contributed by atoms with van der Waals surface area (Å²) in [5.41, 5.74) is 0. The van der Waals surface area contributed by atoms with Crippen LogP contribution in [0.5, 0.6) is 0 Å². The third kappa shape index (κ3) is 1.44. The fraction of sp³-hybridized carbons (Fsp3) is 0.222. The number of aromatic nitrogens is 2. The largest absolute Gasteiger partial charge is 0.452 e. The minimum absolute atomic E-state index is 0.384. The molecule has 2 rings (SSSR count). The lowest BCUT2D eigenvalue weighted by Crippen LogP contribution is -2.40. The number of hydrogen-bond acceptors (Lipinski definition) is 4. The molecule has 0 aliphatic carbocycles. The highest BCUT2D eigenvalue weighted by Gasteiger charge is 2.11. The SMILES string of the molecule is COC(=O)N1C=c2ncncc2=CC1. The van der Waals surface area contributed by atoms with Crippen LogP contribution in [0.25, 0.3) is 12.3 Å². The van der Waals surface area contributed by atoms with E-state index >= 15 is 0 Å². The lowest BCUT2D eigenvalue weighted by Gasteiger charge is -2.16. The molecule has 0 fully saturated rings. The third-order valence-corrected chi connectivity index (χ3v) is 1.97. The number of carbonyl (C=O) groups is 1. The Balaban J connectivity index is 2.43. The predicted molar refractivity (Wildman–Crippen MR) is 49.3 cm³/mol. The summed E-state index contributed by atoms with van der Waals surface area (Å²) in [4.78, 5) is 20.6. The van der Waals surface area contributed by atoms with E-state index in [2.05, 4.69) is 14.7 Å². The van der Waals surface area contributed by atoms with Gasteiger partial charge in [0.05, 0.1) is 12.5 Å². The highest BCUT2D eigenvalue weighted by molar-refractivity contribution is 5.73. The Bertz CT molecular complexity index is 469. The Morgan fingerprint density at radius 1 is 1.64 bits per heavy atom. The maximum absolute atomic E-state index is 11.2. The molecule has 2 heterocycles. The van der Waals surface area contributed by atoms with Crippen LogP contribution in [0, 0.1) is 0 Å². The second kappa shape index (κ2) is 3.45. The number of rotatable bonds is 0. The molecule has 5 nitrogen and oxygen atoms in total. The standard InChI is InChI=1S/C9H9N3O2/c1-14-9(13)12-3-2-7-4-10-6-11-8(7)5-12/h2,4-6H,3H2,1H3. The van der Waals surface area contributed by atoms with Crippen molar-refractivity contribution < 1.29 is 9.53 Å². The monoisotopic (exact) mass is 191 g/mol. The molecule has 0 radical (unpaired) electrons. The zero-order valence-electron chi connectivity index (χ0n) is 7.67. The fourth-order valence-corrected chi connectivity index (χ4v) is 1.26. The van der Waals surface area contributed by atoms with Crippen molar-refractivity contribution in [1.82, 2.24) is 14.9 Å². The Morgan fingerprint density at radius 2 is 2.50 bits per heavy atom. The molecule has 5 heteroatoms. The number of ether oxygens (including phenoxy) is 1. The third-order valence-electron chi connectivity index (χ3n) is 1.97. The highest BCUT2D eigenvalue weighted by Crippen LogP contribution is 1.95. The van der Waals surface area contributed by atoms with Gasteiger partial charge in [0.15, 0.2) is 0 Å². The van der Waals surface area contributed by atoms with Crippen molar-refractivity contribution in [2.75, 3.05) is 13.7 Å². The Kier molecular flexibility index (Phi) is 2.14. The molecule has 0 unspecified atom stereocenters. The van der Waals surface area contributed by atoms with Crippen LogP contribution in [0.15, 0.2) is 12.5 Å². The number of carbonyl (C=O) groups excluding carboxylic acids is 1. The molecule has 0 saturated carbocycles. The van der Waals surface area contributed by atoms with Crippen LogP contribution in [-0.4, -0.2) is 34.6 Å². The van der Waals surface area contributed by atoms with Crippen LogP contribution >= 0.6 is 0 Å². The summed E-state index contributed by atoms with van der Waals surface area (Å²) in [6, 6.07) is 0. The second-order valence-corrected chi connectivity index (χ2v) is 2.82. The number of fused-ring (bicyclic) bond motifs is 1. The van der Waals surface area contributed by atoms with Crippen LogP contribution in [0.3, 0.4) is 0 Å². The van der Waals surface area contributed by atoms with E-state index in [1.54, 1.807) is 12.4 Å². The average molecular weight is 191 g/mol. The molecular formula is C9H9N3O2. The fourth-order valence-electron chi connectivity index (χ4n) is 1.26. The van der Waals surface area contributed by atoms with Crippen molar-refractivity contribution in [1.29, 1.82) is 0 Å². The van der Waals surface area contributed by atoms with Crippen molar-refractivity contribution >= 4 is 18.4 Å². The van der Waals surface area contributed by atoms with E-state index in [0.29, 0.717) is 6.54 Å². The maximum atomic E-state index is 11.2. The summed E-state index contributed by atoms with van der Waals surface area (Å²) in [5.74, 6) is 0. The van der Waals surface area contributed by atoms with Gasteiger partial charge >= 0.3 is 6.09 Å². The van der Waals surface area contributed by atoms with Gasteiger partial charge in [0, 0.05) is 24.2 Å². The molecule has 0 aromatic carbocycles. The summed E-state index contributed by atoms with van der Waals surface area (Å²) in [7, 11) is 1.35.